The summed E-state index contributed by atoms with van der Waals surface area (Å²) in [6.07, 6.45) is 7.62. The van der Waals surface area contributed by atoms with Crippen LogP contribution in [0.1, 0.15) is 54.4 Å². The van der Waals surface area contributed by atoms with E-state index in [9.17, 15) is 14.0 Å². The molecule has 1 aliphatic heterocycles. The van der Waals surface area contributed by atoms with Crippen molar-refractivity contribution in [3.05, 3.63) is 59.5 Å². The van der Waals surface area contributed by atoms with Gasteiger partial charge in [-0.25, -0.2) is 9.37 Å². The molecule has 1 N–H and O–H groups in total. The Morgan fingerprint density at radius 3 is 2.48 bits per heavy atom. The predicted molar refractivity (Wildman–Crippen MR) is 114 cm³/mol. The largest absolute Gasteiger partial charge is 0.474 e. The van der Waals surface area contributed by atoms with Crippen molar-refractivity contribution in [2.75, 3.05) is 13.1 Å². The van der Waals surface area contributed by atoms with E-state index in [0.717, 1.165) is 18.4 Å². The fraction of sp³-hybridized carbons (Fsp3) is 0.458. The van der Waals surface area contributed by atoms with Gasteiger partial charge < -0.3 is 15.0 Å². The van der Waals surface area contributed by atoms with Gasteiger partial charge in [0, 0.05) is 42.9 Å². The van der Waals surface area contributed by atoms with Gasteiger partial charge in [0.05, 0.1) is 0 Å². The van der Waals surface area contributed by atoms with Crippen LogP contribution in [-0.4, -0.2) is 40.9 Å². The number of hydrogen-bond acceptors (Lipinski definition) is 4. The molecule has 0 unspecified atom stereocenters. The summed E-state index contributed by atoms with van der Waals surface area (Å²) in [7, 11) is 0. The van der Waals surface area contributed by atoms with Crippen LogP contribution < -0.4 is 10.1 Å². The molecule has 0 radical (unpaired) electrons. The van der Waals surface area contributed by atoms with Gasteiger partial charge in [0.25, 0.3) is 5.91 Å². The minimum absolute atomic E-state index is 0.00968. The Kier molecular flexibility index (Phi) is 6.79. The molecule has 6 nitrogen and oxygen atoms in total. The van der Waals surface area contributed by atoms with Crippen LogP contribution in [0.15, 0.2) is 42.6 Å². The molecule has 31 heavy (non-hydrogen) atoms. The molecule has 2 fully saturated rings. The summed E-state index contributed by atoms with van der Waals surface area (Å²) >= 11 is 0. The topological polar surface area (TPSA) is 71.5 Å². The van der Waals surface area contributed by atoms with Crippen LogP contribution in [0.4, 0.5) is 4.39 Å². The summed E-state index contributed by atoms with van der Waals surface area (Å²) in [6.45, 7) is 1.40. The van der Waals surface area contributed by atoms with Crippen molar-refractivity contribution in [2.24, 2.45) is 5.92 Å². The Hall–Kier alpha value is -2.96. The van der Waals surface area contributed by atoms with Crippen molar-refractivity contribution in [1.29, 1.82) is 0 Å². The van der Waals surface area contributed by atoms with Gasteiger partial charge in [-0.05, 0) is 68.9 Å². The fourth-order valence-electron chi connectivity index (χ4n) is 4.28. The van der Waals surface area contributed by atoms with Gasteiger partial charge in [0.1, 0.15) is 11.9 Å². The second-order valence-corrected chi connectivity index (χ2v) is 8.28. The number of nitrogens with one attached hydrogen (secondary N) is 1. The number of amides is 2. The molecule has 0 atom stereocenters. The third-order valence-electron chi connectivity index (χ3n) is 6.13. The molecule has 0 bridgehead atoms. The summed E-state index contributed by atoms with van der Waals surface area (Å²) < 4.78 is 19.1. The maximum Gasteiger partial charge on any atom is 0.253 e. The summed E-state index contributed by atoms with van der Waals surface area (Å²) in [6, 6.07) is 9.35. The molecule has 2 heterocycles. The fourth-order valence-corrected chi connectivity index (χ4v) is 4.28. The van der Waals surface area contributed by atoms with Crippen molar-refractivity contribution in [1.82, 2.24) is 15.2 Å². The minimum atomic E-state index is -0.364. The third-order valence-corrected chi connectivity index (χ3v) is 6.13. The lowest BCUT2D eigenvalue weighted by Gasteiger charge is -2.31. The Bertz CT molecular complexity index is 905. The zero-order valence-electron chi connectivity index (χ0n) is 17.6. The maximum absolute atomic E-state index is 13.1. The van der Waals surface area contributed by atoms with Gasteiger partial charge in [0.15, 0.2) is 0 Å². The average molecular weight is 426 g/mol. The molecule has 4 rings (SSSR count). The Balaban J connectivity index is 1.27. The summed E-state index contributed by atoms with van der Waals surface area (Å²) in [5.74, 6) is -0.0210. The molecule has 2 aliphatic rings. The number of piperidine rings is 1. The second kappa shape index (κ2) is 9.90. The van der Waals surface area contributed by atoms with E-state index in [0.29, 0.717) is 43.9 Å². The Labute approximate surface area is 181 Å². The van der Waals surface area contributed by atoms with Gasteiger partial charge in [-0.2, -0.15) is 0 Å². The minimum Gasteiger partial charge on any atom is -0.474 e. The first-order valence-corrected chi connectivity index (χ1v) is 11.0. The van der Waals surface area contributed by atoms with E-state index >= 15 is 0 Å². The van der Waals surface area contributed by atoms with Crippen LogP contribution in [0, 0.1) is 11.7 Å². The van der Waals surface area contributed by atoms with Gasteiger partial charge >= 0.3 is 0 Å². The normalized spacial score (nSPS) is 17.5. The number of carbonyl (C=O) groups is 2. The highest BCUT2D eigenvalue weighted by atomic mass is 19.1. The lowest BCUT2D eigenvalue weighted by atomic mass is 9.95. The van der Waals surface area contributed by atoms with Crippen LogP contribution in [0.5, 0.6) is 5.88 Å². The first-order valence-electron chi connectivity index (χ1n) is 11.0. The lowest BCUT2D eigenvalue weighted by Crippen LogP contribution is -2.43. The van der Waals surface area contributed by atoms with E-state index in [2.05, 4.69) is 10.3 Å². The molecule has 1 aromatic heterocycles. The zero-order chi connectivity index (χ0) is 21.6. The molecule has 0 spiro atoms. The van der Waals surface area contributed by atoms with Crippen LogP contribution in [0.25, 0.3) is 0 Å². The standard InChI is InChI=1S/C24H28FN3O3/c25-20-9-7-18(8-10-20)24(30)28-14-11-17(12-15-28)22(29)27-16-19-4-3-13-26-23(19)31-21-5-1-2-6-21/h3-4,7-10,13,17,21H,1-2,5-6,11-12,14-16H2,(H,27,29). The third kappa shape index (κ3) is 5.40. The number of nitrogens with zero attached hydrogens (tertiary/aromatic N) is 2. The van der Waals surface area contributed by atoms with Crippen LogP contribution >= 0.6 is 0 Å². The molecule has 1 saturated heterocycles. The summed E-state index contributed by atoms with van der Waals surface area (Å²) in [5, 5.41) is 3.01. The van der Waals surface area contributed by atoms with Gasteiger partial charge in [-0.15, -0.1) is 0 Å². The Morgan fingerprint density at radius 2 is 1.77 bits per heavy atom. The molecule has 2 amide bonds. The number of halogens is 1. The van der Waals surface area contributed by atoms with Crippen molar-refractivity contribution in [3.8, 4) is 5.88 Å². The SMILES string of the molecule is O=C(NCc1cccnc1OC1CCCC1)C1CCN(C(=O)c2ccc(F)cc2)CC1. The molecular formula is C24H28FN3O3. The summed E-state index contributed by atoms with van der Waals surface area (Å²) in [5.41, 5.74) is 1.35. The highest BCUT2D eigenvalue weighted by molar-refractivity contribution is 5.94. The van der Waals surface area contributed by atoms with E-state index in [-0.39, 0.29) is 29.7 Å². The molecule has 1 saturated carbocycles. The van der Waals surface area contributed by atoms with E-state index in [1.165, 1.54) is 37.1 Å². The number of hydrogen-bond donors (Lipinski definition) is 1. The first-order chi connectivity index (χ1) is 15.1. The smallest absolute Gasteiger partial charge is 0.253 e. The number of pyridine rings is 1. The highest BCUT2D eigenvalue weighted by Gasteiger charge is 2.28. The molecule has 2 aromatic rings. The molecule has 7 heteroatoms. The molecule has 1 aromatic carbocycles. The molecular weight excluding hydrogens is 397 g/mol. The van der Waals surface area contributed by atoms with Crippen molar-refractivity contribution < 1.29 is 18.7 Å². The number of rotatable bonds is 6. The van der Waals surface area contributed by atoms with E-state index in [1.54, 1.807) is 11.1 Å². The van der Waals surface area contributed by atoms with Gasteiger partial charge in [-0.1, -0.05) is 6.07 Å². The number of benzene rings is 1. The number of aromatic nitrogens is 1. The van der Waals surface area contributed by atoms with E-state index < -0.39 is 0 Å². The Morgan fingerprint density at radius 1 is 1.06 bits per heavy atom. The van der Waals surface area contributed by atoms with Gasteiger partial charge in [0.2, 0.25) is 11.8 Å². The second-order valence-electron chi connectivity index (χ2n) is 8.28. The van der Waals surface area contributed by atoms with Crippen LogP contribution in [0.2, 0.25) is 0 Å². The van der Waals surface area contributed by atoms with E-state index in [1.807, 2.05) is 12.1 Å². The molecule has 164 valence electrons. The quantitative estimate of drug-likeness (QED) is 0.766. The molecule has 1 aliphatic carbocycles. The zero-order valence-corrected chi connectivity index (χ0v) is 17.6. The van der Waals surface area contributed by atoms with Crippen molar-refractivity contribution in [2.45, 2.75) is 51.2 Å². The monoisotopic (exact) mass is 425 g/mol. The average Bonchev–Trinajstić information content (AvgIpc) is 3.31. The number of carbonyl (C=O) groups excluding carboxylic acids is 2. The first kappa shape index (κ1) is 21.3. The van der Waals surface area contributed by atoms with Crippen molar-refractivity contribution in [3.63, 3.8) is 0 Å². The maximum atomic E-state index is 13.1. The number of ether oxygens (including phenoxy) is 1. The van der Waals surface area contributed by atoms with Crippen LogP contribution in [0.3, 0.4) is 0 Å². The van der Waals surface area contributed by atoms with E-state index in [4.69, 9.17) is 4.74 Å². The number of likely N-dealkylation sites (tertiary alicyclic amines) is 1. The highest BCUT2D eigenvalue weighted by Crippen LogP contribution is 2.25. The van der Waals surface area contributed by atoms with Gasteiger partial charge in [-0.3, -0.25) is 9.59 Å². The predicted octanol–water partition coefficient (Wildman–Crippen LogP) is 3.71. The summed E-state index contributed by atoms with van der Waals surface area (Å²) in [4.78, 5) is 31.3. The lowest BCUT2D eigenvalue weighted by molar-refractivity contribution is -0.126. The van der Waals surface area contributed by atoms with Crippen LogP contribution in [-0.2, 0) is 11.3 Å². The van der Waals surface area contributed by atoms with Crippen molar-refractivity contribution >= 4 is 11.8 Å².